The highest BCUT2D eigenvalue weighted by molar-refractivity contribution is 5.90. The second-order valence-corrected chi connectivity index (χ2v) is 8.72. The summed E-state index contributed by atoms with van der Waals surface area (Å²) in [6.45, 7) is 3.61. The fraction of sp³-hybridized carbons (Fsp3) is 0.280. The minimum atomic E-state index is -0.434. The summed E-state index contributed by atoms with van der Waals surface area (Å²) < 4.78 is 12.8. The molecule has 1 aliphatic heterocycles. The van der Waals surface area contributed by atoms with Crippen LogP contribution in [0.25, 0.3) is 16.8 Å². The fourth-order valence-electron chi connectivity index (χ4n) is 3.76. The molecule has 0 radical (unpaired) electrons. The van der Waals surface area contributed by atoms with E-state index in [-0.39, 0.29) is 0 Å². The van der Waals surface area contributed by atoms with Gasteiger partial charge in [-0.25, -0.2) is 24.4 Å². The predicted molar refractivity (Wildman–Crippen MR) is 137 cm³/mol. The summed E-state index contributed by atoms with van der Waals surface area (Å²) in [6, 6.07) is 9.70. The van der Waals surface area contributed by atoms with E-state index in [1.807, 2.05) is 50.2 Å². The van der Waals surface area contributed by atoms with Crippen LogP contribution in [-0.4, -0.2) is 81.3 Å². The Balaban J connectivity index is 1.27. The van der Waals surface area contributed by atoms with E-state index in [9.17, 15) is 4.79 Å². The van der Waals surface area contributed by atoms with Crippen molar-refractivity contribution in [3.05, 3.63) is 60.8 Å². The first-order valence-corrected chi connectivity index (χ1v) is 11.8. The van der Waals surface area contributed by atoms with Crippen molar-refractivity contribution in [2.45, 2.75) is 6.92 Å². The first-order valence-electron chi connectivity index (χ1n) is 11.8. The molecule has 1 aliphatic rings. The van der Waals surface area contributed by atoms with Crippen LogP contribution in [0.4, 0.5) is 22.1 Å². The Kier molecular flexibility index (Phi) is 6.90. The zero-order valence-corrected chi connectivity index (χ0v) is 20.8. The number of fused-ring (bicyclic) bond motifs is 1. The number of aromatic nitrogens is 6. The van der Waals surface area contributed by atoms with Gasteiger partial charge in [0.2, 0.25) is 11.8 Å². The minimum absolute atomic E-state index is 0.299. The van der Waals surface area contributed by atoms with Crippen LogP contribution in [0, 0.1) is 6.92 Å². The Morgan fingerprint density at radius 1 is 1.08 bits per heavy atom. The number of amides is 1. The highest BCUT2D eigenvalue weighted by Crippen LogP contribution is 2.33. The van der Waals surface area contributed by atoms with Crippen LogP contribution in [0.5, 0.6) is 5.88 Å². The predicted octanol–water partition coefficient (Wildman–Crippen LogP) is 3.07. The number of carbonyl (C=O) groups excluding carboxylic acids is 1. The van der Waals surface area contributed by atoms with E-state index in [0.29, 0.717) is 49.5 Å². The first-order chi connectivity index (χ1) is 18.0. The molecule has 1 amide bonds. The molecule has 0 bridgehead atoms. The monoisotopic (exact) mass is 501 g/mol. The molecule has 4 aromatic rings. The summed E-state index contributed by atoms with van der Waals surface area (Å²) >= 11 is 0. The number of nitrogens with one attached hydrogen (secondary N) is 1. The summed E-state index contributed by atoms with van der Waals surface area (Å²) in [5, 5.41) is 11.2. The number of aryl methyl sites for hydroxylation is 1. The van der Waals surface area contributed by atoms with Crippen LogP contribution in [0.1, 0.15) is 5.69 Å². The van der Waals surface area contributed by atoms with Crippen LogP contribution >= 0.6 is 0 Å². The lowest BCUT2D eigenvalue weighted by Gasteiger charge is -2.28. The number of hydrogen-bond donors (Lipinski definition) is 1. The molecule has 0 spiro atoms. The third-order valence-corrected chi connectivity index (χ3v) is 5.73. The quantitative estimate of drug-likeness (QED) is 0.404. The van der Waals surface area contributed by atoms with E-state index in [1.165, 1.54) is 4.90 Å². The van der Waals surface area contributed by atoms with Gasteiger partial charge in [0, 0.05) is 24.5 Å². The number of carbonyl (C=O) groups is 1. The molecule has 4 heterocycles. The topological polar surface area (TPSA) is 123 Å². The number of likely N-dealkylation sites (N-methyl/N-ethyl adjacent to an activating group) is 1. The van der Waals surface area contributed by atoms with Gasteiger partial charge in [-0.1, -0.05) is 17.3 Å². The van der Waals surface area contributed by atoms with Gasteiger partial charge in [0.25, 0.3) is 0 Å². The number of pyridine rings is 1. The molecule has 0 atom stereocenters. The van der Waals surface area contributed by atoms with Gasteiger partial charge in [0.05, 0.1) is 36.0 Å². The Morgan fingerprint density at radius 3 is 2.57 bits per heavy atom. The van der Waals surface area contributed by atoms with Gasteiger partial charge < -0.3 is 19.7 Å². The molecule has 0 saturated carbocycles. The average molecular weight is 502 g/mol. The molecular formula is C25H27N9O3. The number of ether oxygens (including phenoxy) is 2. The van der Waals surface area contributed by atoms with Crippen molar-refractivity contribution in [2.24, 2.45) is 0 Å². The van der Waals surface area contributed by atoms with Crippen molar-refractivity contribution in [3.8, 4) is 22.7 Å². The number of rotatable bonds is 7. The molecule has 1 N–H and O–H groups in total. The molecule has 37 heavy (non-hydrogen) atoms. The number of hydrogen-bond acceptors (Lipinski definition) is 10. The van der Waals surface area contributed by atoms with Gasteiger partial charge in [-0.3, -0.25) is 4.90 Å². The van der Waals surface area contributed by atoms with Crippen molar-refractivity contribution in [1.82, 2.24) is 34.8 Å². The van der Waals surface area contributed by atoms with Crippen LogP contribution in [0.2, 0.25) is 0 Å². The molecule has 0 unspecified atom stereocenters. The van der Waals surface area contributed by atoms with E-state index < -0.39 is 6.09 Å². The van der Waals surface area contributed by atoms with E-state index >= 15 is 0 Å². The van der Waals surface area contributed by atoms with E-state index in [2.05, 4.69) is 30.6 Å². The number of nitrogens with zero attached hydrogens (tertiary/aromatic N) is 8. The average Bonchev–Trinajstić information content (AvgIpc) is 3.34. The smallest absolute Gasteiger partial charge is 0.414 e. The number of anilines is 3. The van der Waals surface area contributed by atoms with E-state index in [0.717, 1.165) is 22.5 Å². The third-order valence-electron chi connectivity index (χ3n) is 5.73. The Labute approximate surface area is 213 Å². The standard InChI is InChI=1S/C25H27N9O3/c1-17-13-29-31-34(17)21-6-4-18(5-7-21)19-14-27-24(28-15-19)30-20-12-22-23(26-16-20)36-11-9-33(22)25(35)37-10-8-32(2)3/h4-7,12-16H,8-11H2,1-3H3,(H,27,28,30). The van der Waals surface area contributed by atoms with E-state index in [4.69, 9.17) is 9.47 Å². The summed E-state index contributed by atoms with van der Waals surface area (Å²) in [5.74, 6) is 0.777. The third kappa shape index (κ3) is 5.48. The van der Waals surface area contributed by atoms with Crippen LogP contribution < -0.4 is 15.0 Å². The van der Waals surface area contributed by atoms with Gasteiger partial charge in [-0.15, -0.1) is 5.10 Å². The van der Waals surface area contributed by atoms with Crippen molar-refractivity contribution >= 4 is 23.4 Å². The Morgan fingerprint density at radius 2 is 1.86 bits per heavy atom. The maximum absolute atomic E-state index is 12.6. The van der Waals surface area contributed by atoms with Gasteiger partial charge in [-0.05, 0) is 44.8 Å². The fourth-order valence-corrected chi connectivity index (χ4v) is 3.76. The lowest BCUT2D eigenvalue weighted by molar-refractivity contribution is 0.140. The van der Waals surface area contributed by atoms with Gasteiger partial charge in [0.15, 0.2) is 0 Å². The summed E-state index contributed by atoms with van der Waals surface area (Å²) in [4.78, 5) is 29.3. The van der Waals surface area contributed by atoms with Crippen molar-refractivity contribution in [3.63, 3.8) is 0 Å². The van der Waals surface area contributed by atoms with Gasteiger partial charge in [-0.2, -0.15) is 0 Å². The molecule has 12 heteroatoms. The normalized spacial score (nSPS) is 12.7. The molecule has 12 nitrogen and oxygen atoms in total. The lowest BCUT2D eigenvalue weighted by atomic mass is 10.1. The minimum Gasteiger partial charge on any atom is -0.474 e. The van der Waals surface area contributed by atoms with Crippen LogP contribution in [0.15, 0.2) is 55.1 Å². The van der Waals surface area contributed by atoms with Gasteiger partial charge in [0.1, 0.15) is 18.9 Å². The Bertz CT molecular complexity index is 1370. The zero-order chi connectivity index (χ0) is 25.8. The molecule has 5 rings (SSSR count). The maximum atomic E-state index is 12.6. The molecular weight excluding hydrogens is 474 g/mol. The summed E-state index contributed by atoms with van der Waals surface area (Å²) in [6.07, 6.45) is 6.38. The van der Waals surface area contributed by atoms with Crippen LogP contribution in [-0.2, 0) is 4.74 Å². The number of benzene rings is 1. The molecule has 0 fully saturated rings. The zero-order valence-electron chi connectivity index (χ0n) is 20.8. The molecule has 0 aliphatic carbocycles. The summed E-state index contributed by atoms with van der Waals surface area (Å²) in [5.41, 5.74) is 4.89. The largest absolute Gasteiger partial charge is 0.474 e. The van der Waals surface area contributed by atoms with Crippen molar-refractivity contribution in [1.29, 1.82) is 0 Å². The summed E-state index contributed by atoms with van der Waals surface area (Å²) in [7, 11) is 3.84. The molecule has 190 valence electrons. The SMILES string of the molecule is Cc1cnnn1-c1ccc(-c2cnc(Nc3cnc4c(c3)N(C(=O)OCCN(C)C)CCO4)nc2)cc1. The van der Waals surface area contributed by atoms with Crippen molar-refractivity contribution < 1.29 is 14.3 Å². The van der Waals surface area contributed by atoms with Crippen LogP contribution in [0.3, 0.4) is 0 Å². The van der Waals surface area contributed by atoms with Gasteiger partial charge >= 0.3 is 6.09 Å². The van der Waals surface area contributed by atoms with E-state index in [1.54, 1.807) is 35.5 Å². The highest BCUT2D eigenvalue weighted by atomic mass is 16.6. The highest BCUT2D eigenvalue weighted by Gasteiger charge is 2.26. The lowest BCUT2D eigenvalue weighted by Crippen LogP contribution is -2.39. The maximum Gasteiger partial charge on any atom is 0.414 e. The first kappa shape index (κ1) is 24.1. The second-order valence-electron chi connectivity index (χ2n) is 8.72. The second kappa shape index (κ2) is 10.6. The molecule has 1 aromatic carbocycles. The Hall–Kier alpha value is -4.58. The van der Waals surface area contributed by atoms with Crippen molar-refractivity contribution in [2.75, 3.05) is 50.6 Å². The molecule has 0 saturated heterocycles. The molecule has 3 aromatic heterocycles.